The van der Waals surface area contributed by atoms with Crippen LogP contribution in [0.1, 0.15) is 0 Å². The smallest absolute Gasteiger partial charge is 0.264 e. The number of rotatable bonds is 7. The number of benzene rings is 3. The Labute approximate surface area is 172 Å². The topological polar surface area (TPSA) is 102 Å². The highest BCUT2D eigenvalue weighted by atomic mass is 32.2. The van der Waals surface area contributed by atoms with Crippen LogP contribution in [0, 0.1) is 11.6 Å². The van der Waals surface area contributed by atoms with Gasteiger partial charge in [0.1, 0.15) is 22.3 Å². The van der Waals surface area contributed by atoms with Gasteiger partial charge in [-0.05, 0) is 60.7 Å². The molecule has 3 rings (SSSR count). The average Bonchev–Trinajstić information content (AvgIpc) is 2.68. The monoisotopic (exact) mass is 454 g/mol. The van der Waals surface area contributed by atoms with Gasteiger partial charge in [-0.1, -0.05) is 0 Å². The first-order valence-electron chi connectivity index (χ1n) is 8.35. The standard InChI is InChI=1S/C19H16F2N2O5S2/c1-28-16-7-3-14(4-8-16)22-29(24,25)17-9-5-15(6-10-17)23-30(26,27)19-11-2-13(20)12-18(19)21/h2-12,22-23H,1H3. The van der Waals surface area contributed by atoms with Crippen molar-refractivity contribution in [1.29, 1.82) is 0 Å². The number of ether oxygens (including phenoxy) is 1. The van der Waals surface area contributed by atoms with E-state index in [2.05, 4.69) is 9.44 Å². The van der Waals surface area contributed by atoms with E-state index in [-0.39, 0.29) is 10.6 Å². The van der Waals surface area contributed by atoms with Crippen molar-refractivity contribution in [2.75, 3.05) is 16.6 Å². The number of sulfonamides is 2. The molecule has 0 radical (unpaired) electrons. The van der Waals surface area contributed by atoms with Gasteiger partial charge in [0.05, 0.1) is 12.0 Å². The average molecular weight is 454 g/mol. The van der Waals surface area contributed by atoms with Crippen molar-refractivity contribution >= 4 is 31.4 Å². The summed E-state index contributed by atoms with van der Waals surface area (Å²) in [5.74, 6) is -1.59. The maximum Gasteiger partial charge on any atom is 0.264 e. The Kier molecular flexibility index (Phi) is 5.94. The second-order valence-corrected chi connectivity index (χ2v) is 9.37. The maximum atomic E-state index is 13.8. The highest BCUT2D eigenvalue weighted by Gasteiger charge is 2.20. The Balaban J connectivity index is 1.78. The number of hydrogen-bond donors (Lipinski definition) is 2. The molecule has 7 nitrogen and oxygen atoms in total. The lowest BCUT2D eigenvalue weighted by Crippen LogP contribution is -2.15. The van der Waals surface area contributed by atoms with E-state index in [0.717, 1.165) is 12.1 Å². The fourth-order valence-corrected chi connectivity index (χ4v) is 4.66. The van der Waals surface area contributed by atoms with Gasteiger partial charge in [-0.2, -0.15) is 0 Å². The lowest BCUT2D eigenvalue weighted by atomic mass is 10.3. The van der Waals surface area contributed by atoms with E-state index in [4.69, 9.17) is 4.74 Å². The minimum Gasteiger partial charge on any atom is -0.497 e. The molecule has 3 aromatic rings. The van der Waals surface area contributed by atoms with Gasteiger partial charge in [0.2, 0.25) is 0 Å². The van der Waals surface area contributed by atoms with E-state index in [9.17, 15) is 25.6 Å². The summed E-state index contributed by atoms with van der Waals surface area (Å²) in [4.78, 5) is -0.851. The van der Waals surface area contributed by atoms with E-state index in [1.807, 2.05) is 0 Å². The Morgan fingerprint density at radius 3 is 1.80 bits per heavy atom. The van der Waals surface area contributed by atoms with Crippen LogP contribution in [-0.4, -0.2) is 23.9 Å². The molecule has 0 heterocycles. The van der Waals surface area contributed by atoms with Crippen LogP contribution in [0.2, 0.25) is 0 Å². The van der Waals surface area contributed by atoms with E-state index < -0.39 is 36.6 Å². The fourth-order valence-electron chi connectivity index (χ4n) is 2.48. The zero-order valence-electron chi connectivity index (χ0n) is 15.5. The molecule has 0 fully saturated rings. The molecule has 0 spiro atoms. The van der Waals surface area contributed by atoms with Gasteiger partial charge in [0.25, 0.3) is 20.0 Å². The first kappa shape index (κ1) is 21.5. The van der Waals surface area contributed by atoms with E-state index in [1.54, 1.807) is 12.1 Å². The van der Waals surface area contributed by atoms with E-state index in [0.29, 0.717) is 17.5 Å². The predicted molar refractivity (Wildman–Crippen MR) is 107 cm³/mol. The summed E-state index contributed by atoms with van der Waals surface area (Å²) in [6, 6.07) is 13.1. The lowest BCUT2D eigenvalue weighted by Gasteiger charge is -2.11. The Bertz CT molecular complexity index is 1260. The molecule has 158 valence electrons. The summed E-state index contributed by atoms with van der Waals surface area (Å²) in [6.45, 7) is 0. The van der Waals surface area contributed by atoms with Crippen LogP contribution in [0.3, 0.4) is 0 Å². The molecule has 0 aliphatic rings. The molecule has 0 bridgehead atoms. The maximum absolute atomic E-state index is 13.8. The summed E-state index contributed by atoms with van der Waals surface area (Å²) in [5, 5.41) is 0. The molecule has 0 aromatic heterocycles. The minimum absolute atomic E-state index is 0.00197. The first-order chi connectivity index (χ1) is 14.1. The molecular weight excluding hydrogens is 438 g/mol. The molecule has 30 heavy (non-hydrogen) atoms. The van der Waals surface area contributed by atoms with Crippen molar-refractivity contribution in [2.45, 2.75) is 9.79 Å². The molecule has 0 aliphatic carbocycles. The molecule has 3 aromatic carbocycles. The zero-order chi connectivity index (χ0) is 21.9. The van der Waals surface area contributed by atoms with Gasteiger partial charge in [-0.3, -0.25) is 9.44 Å². The van der Waals surface area contributed by atoms with Crippen molar-refractivity contribution in [3.8, 4) is 5.75 Å². The third-order valence-electron chi connectivity index (χ3n) is 3.94. The number of methoxy groups -OCH3 is 1. The van der Waals surface area contributed by atoms with Crippen molar-refractivity contribution in [3.05, 3.63) is 78.4 Å². The van der Waals surface area contributed by atoms with Crippen LogP contribution in [0.4, 0.5) is 20.2 Å². The van der Waals surface area contributed by atoms with Gasteiger partial charge >= 0.3 is 0 Å². The van der Waals surface area contributed by atoms with Gasteiger partial charge in [0, 0.05) is 17.4 Å². The normalized spacial score (nSPS) is 11.7. The van der Waals surface area contributed by atoms with E-state index >= 15 is 0 Å². The highest BCUT2D eigenvalue weighted by molar-refractivity contribution is 7.93. The summed E-state index contributed by atoms with van der Waals surface area (Å²) < 4.78 is 85.8. The van der Waals surface area contributed by atoms with Gasteiger partial charge in [-0.25, -0.2) is 25.6 Å². The van der Waals surface area contributed by atoms with Gasteiger partial charge in [0.15, 0.2) is 0 Å². The molecule has 0 aliphatic heterocycles. The number of nitrogens with one attached hydrogen (secondary N) is 2. The second kappa shape index (κ2) is 8.28. The van der Waals surface area contributed by atoms with Crippen LogP contribution in [0.5, 0.6) is 5.75 Å². The minimum atomic E-state index is -4.33. The number of hydrogen-bond acceptors (Lipinski definition) is 5. The highest BCUT2D eigenvalue weighted by Crippen LogP contribution is 2.23. The number of halogens is 2. The van der Waals surface area contributed by atoms with Crippen LogP contribution >= 0.6 is 0 Å². The summed E-state index contributed by atoms with van der Waals surface area (Å²) in [7, 11) is -6.77. The van der Waals surface area contributed by atoms with Crippen molar-refractivity contribution < 1.29 is 30.4 Å². The molecule has 0 saturated carbocycles. The van der Waals surface area contributed by atoms with Crippen LogP contribution in [-0.2, 0) is 20.0 Å². The van der Waals surface area contributed by atoms with Crippen LogP contribution < -0.4 is 14.2 Å². The zero-order valence-corrected chi connectivity index (χ0v) is 17.1. The van der Waals surface area contributed by atoms with Crippen LogP contribution in [0.25, 0.3) is 0 Å². The Morgan fingerprint density at radius 2 is 1.27 bits per heavy atom. The molecule has 0 atom stereocenters. The summed E-state index contributed by atoms with van der Waals surface area (Å²) in [6.07, 6.45) is 0. The Morgan fingerprint density at radius 1 is 0.733 bits per heavy atom. The fraction of sp³-hybridized carbons (Fsp3) is 0.0526. The molecule has 0 unspecified atom stereocenters. The third kappa shape index (κ3) is 4.86. The Hall–Kier alpha value is -3.18. The van der Waals surface area contributed by atoms with Crippen molar-refractivity contribution in [2.24, 2.45) is 0 Å². The third-order valence-corrected chi connectivity index (χ3v) is 6.75. The summed E-state index contributed by atoms with van der Waals surface area (Å²) >= 11 is 0. The van der Waals surface area contributed by atoms with Crippen molar-refractivity contribution in [1.82, 2.24) is 0 Å². The predicted octanol–water partition coefficient (Wildman–Crippen LogP) is 3.58. The van der Waals surface area contributed by atoms with Gasteiger partial charge < -0.3 is 4.74 Å². The molecule has 2 N–H and O–H groups in total. The lowest BCUT2D eigenvalue weighted by molar-refractivity contribution is 0.415. The van der Waals surface area contributed by atoms with Crippen molar-refractivity contribution in [3.63, 3.8) is 0 Å². The van der Waals surface area contributed by atoms with Gasteiger partial charge in [-0.15, -0.1) is 0 Å². The molecule has 0 amide bonds. The SMILES string of the molecule is COc1ccc(NS(=O)(=O)c2ccc(NS(=O)(=O)c3ccc(F)cc3F)cc2)cc1. The second-order valence-electron chi connectivity index (χ2n) is 6.04. The quantitative estimate of drug-likeness (QED) is 0.568. The van der Waals surface area contributed by atoms with Crippen LogP contribution in [0.15, 0.2) is 76.5 Å². The number of anilines is 2. The van der Waals surface area contributed by atoms with E-state index in [1.165, 1.54) is 43.5 Å². The molecule has 11 heteroatoms. The molecule has 0 saturated heterocycles. The largest absolute Gasteiger partial charge is 0.497 e. The summed E-state index contributed by atoms with van der Waals surface area (Å²) in [5.41, 5.74) is 0.314. The molecular formula is C19H16F2N2O5S2. The first-order valence-corrected chi connectivity index (χ1v) is 11.3.